The number of carbonyl (C=O) groups excluding carboxylic acids is 1. The van der Waals surface area contributed by atoms with E-state index in [1.807, 2.05) is 0 Å². The van der Waals surface area contributed by atoms with E-state index < -0.39 is 0 Å². The number of nitrogens with zero attached hydrogens (tertiary/aromatic N) is 2. The second-order valence-electron chi connectivity index (χ2n) is 3.39. The maximum atomic E-state index is 11.7. The summed E-state index contributed by atoms with van der Waals surface area (Å²) in [5.74, 6) is 0.383. The fourth-order valence-corrected chi connectivity index (χ4v) is 1.45. The van der Waals surface area contributed by atoms with Crippen molar-refractivity contribution in [3.63, 3.8) is 0 Å². The Hall–Kier alpha value is -1.82. The Balaban J connectivity index is 1.83. The van der Waals surface area contributed by atoms with Crippen molar-refractivity contribution in [3.8, 4) is 0 Å². The van der Waals surface area contributed by atoms with E-state index in [9.17, 15) is 4.79 Å². The highest BCUT2D eigenvalue weighted by Crippen LogP contribution is 2.07. The number of rotatable bonds is 4. The molecule has 0 saturated heterocycles. The second kappa shape index (κ2) is 5.49. The molecule has 0 unspecified atom stereocenters. The van der Waals surface area contributed by atoms with Gasteiger partial charge in [0.05, 0.1) is 0 Å². The van der Waals surface area contributed by atoms with Crippen molar-refractivity contribution in [3.05, 3.63) is 42.0 Å². The Morgan fingerprint density at radius 2 is 2.12 bits per heavy atom. The van der Waals surface area contributed by atoms with Gasteiger partial charge in [-0.15, -0.1) is 12.6 Å². The minimum atomic E-state index is -0.127. The first-order valence-corrected chi connectivity index (χ1v) is 5.53. The molecule has 1 heterocycles. The van der Waals surface area contributed by atoms with Gasteiger partial charge in [0.2, 0.25) is 5.89 Å². The van der Waals surface area contributed by atoms with Gasteiger partial charge in [0.25, 0.3) is 5.91 Å². The monoisotopic (exact) mass is 249 g/mol. The lowest BCUT2D eigenvalue weighted by Gasteiger charge is -2.03. The summed E-state index contributed by atoms with van der Waals surface area (Å²) >= 11 is 4.15. The van der Waals surface area contributed by atoms with Gasteiger partial charge in [-0.05, 0) is 24.3 Å². The van der Waals surface area contributed by atoms with E-state index >= 15 is 0 Å². The first-order chi connectivity index (χ1) is 8.25. The molecule has 0 aliphatic carbocycles. The van der Waals surface area contributed by atoms with Crippen LogP contribution in [0.25, 0.3) is 0 Å². The van der Waals surface area contributed by atoms with E-state index in [-0.39, 0.29) is 5.91 Å². The molecule has 0 spiro atoms. The molecule has 1 aromatic heterocycles. The molecule has 0 saturated carbocycles. The van der Waals surface area contributed by atoms with Crippen LogP contribution in [0, 0.1) is 0 Å². The molecule has 0 fully saturated rings. The van der Waals surface area contributed by atoms with Crippen molar-refractivity contribution < 1.29 is 9.32 Å². The topological polar surface area (TPSA) is 68.0 Å². The molecule has 0 atom stereocenters. The van der Waals surface area contributed by atoms with Gasteiger partial charge in [0.15, 0.2) is 6.33 Å². The molecule has 1 N–H and O–H groups in total. The molecule has 0 bridgehead atoms. The van der Waals surface area contributed by atoms with Crippen LogP contribution in [0.1, 0.15) is 16.2 Å². The third-order valence-electron chi connectivity index (χ3n) is 2.16. The zero-order valence-corrected chi connectivity index (χ0v) is 9.85. The number of benzene rings is 1. The van der Waals surface area contributed by atoms with Crippen LogP contribution in [0.5, 0.6) is 0 Å². The van der Waals surface area contributed by atoms with Crippen LogP contribution in [0.2, 0.25) is 0 Å². The van der Waals surface area contributed by atoms with E-state index in [1.165, 1.54) is 6.33 Å². The van der Waals surface area contributed by atoms with Gasteiger partial charge in [0.1, 0.15) is 0 Å². The standard InChI is InChI=1S/C11H11N3O2S/c15-11(8-1-3-9(17)4-2-8)12-6-5-10-13-7-14-16-10/h1-4,7,17H,5-6H2,(H,12,15). The van der Waals surface area contributed by atoms with Crippen molar-refractivity contribution in [2.75, 3.05) is 6.54 Å². The van der Waals surface area contributed by atoms with Crippen molar-refractivity contribution in [1.29, 1.82) is 0 Å². The van der Waals surface area contributed by atoms with Gasteiger partial charge in [-0.1, -0.05) is 5.16 Å². The molecule has 0 aliphatic rings. The zero-order chi connectivity index (χ0) is 12.1. The third-order valence-corrected chi connectivity index (χ3v) is 2.46. The van der Waals surface area contributed by atoms with Crippen LogP contribution < -0.4 is 5.32 Å². The van der Waals surface area contributed by atoms with Crippen LogP contribution >= 0.6 is 12.6 Å². The number of aromatic nitrogens is 2. The number of hydrogen-bond donors (Lipinski definition) is 2. The summed E-state index contributed by atoms with van der Waals surface area (Å²) < 4.78 is 4.81. The molecule has 0 aliphatic heterocycles. The van der Waals surface area contributed by atoms with Gasteiger partial charge in [-0.2, -0.15) is 4.98 Å². The lowest BCUT2D eigenvalue weighted by Crippen LogP contribution is -2.25. The predicted molar refractivity (Wildman–Crippen MR) is 64.0 cm³/mol. The highest BCUT2D eigenvalue weighted by Gasteiger charge is 2.05. The predicted octanol–water partition coefficient (Wildman–Crippen LogP) is 1.33. The quantitative estimate of drug-likeness (QED) is 0.802. The van der Waals surface area contributed by atoms with Crippen LogP contribution in [-0.4, -0.2) is 22.6 Å². The molecule has 2 rings (SSSR count). The molecule has 17 heavy (non-hydrogen) atoms. The zero-order valence-electron chi connectivity index (χ0n) is 8.96. The summed E-state index contributed by atoms with van der Waals surface area (Å²) in [6, 6.07) is 7.00. The summed E-state index contributed by atoms with van der Waals surface area (Å²) in [6.07, 6.45) is 1.86. The Morgan fingerprint density at radius 3 is 2.76 bits per heavy atom. The molecular formula is C11H11N3O2S. The SMILES string of the molecule is O=C(NCCc1ncno1)c1ccc(S)cc1. The molecular weight excluding hydrogens is 238 g/mol. The van der Waals surface area contributed by atoms with Crippen molar-refractivity contribution in [2.45, 2.75) is 11.3 Å². The minimum Gasteiger partial charge on any atom is -0.352 e. The van der Waals surface area contributed by atoms with Gasteiger partial charge < -0.3 is 9.84 Å². The highest BCUT2D eigenvalue weighted by molar-refractivity contribution is 7.80. The first-order valence-electron chi connectivity index (χ1n) is 5.08. The number of amides is 1. The fraction of sp³-hybridized carbons (Fsp3) is 0.182. The molecule has 88 valence electrons. The van der Waals surface area contributed by atoms with E-state index in [2.05, 4.69) is 28.1 Å². The molecule has 0 radical (unpaired) electrons. The van der Waals surface area contributed by atoms with Gasteiger partial charge in [-0.3, -0.25) is 4.79 Å². The van der Waals surface area contributed by atoms with Crippen molar-refractivity contribution in [1.82, 2.24) is 15.5 Å². The average molecular weight is 249 g/mol. The van der Waals surface area contributed by atoms with Crippen LogP contribution in [0.15, 0.2) is 40.0 Å². The summed E-state index contributed by atoms with van der Waals surface area (Å²) in [7, 11) is 0. The summed E-state index contributed by atoms with van der Waals surface area (Å²) in [5, 5.41) is 6.25. The fourth-order valence-electron chi connectivity index (χ4n) is 1.30. The summed E-state index contributed by atoms with van der Waals surface area (Å²) in [4.78, 5) is 16.4. The summed E-state index contributed by atoms with van der Waals surface area (Å²) in [5.41, 5.74) is 0.605. The highest BCUT2D eigenvalue weighted by atomic mass is 32.1. The molecule has 5 nitrogen and oxygen atoms in total. The smallest absolute Gasteiger partial charge is 0.251 e. The van der Waals surface area contributed by atoms with Gasteiger partial charge in [-0.25, -0.2) is 0 Å². The minimum absolute atomic E-state index is 0.127. The average Bonchev–Trinajstić information content (AvgIpc) is 2.83. The third kappa shape index (κ3) is 3.32. The van der Waals surface area contributed by atoms with E-state index in [0.717, 1.165) is 4.90 Å². The lowest BCUT2D eigenvalue weighted by molar-refractivity contribution is 0.0953. The van der Waals surface area contributed by atoms with Crippen LogP contribution in [0.4, 0.5) is 0 Å². The Labute approximate surface area is 104 Å². The lowest BCUT2D eigenvalue weighted by atomic mass is 10.2. The summed E-state index contributed by atoms with van der Waals surface area (Å²) in [6.45, 7) is 0.462. The number of nitrogens with one attached hydrogen (secondary N) is 1. The number of carbonyl (C=O) groups is 1. The largest absolute Gasteiger partial charge is 0.352 e. The number of thiol groups is 1. The second-order valence-corrected chi connectivity index (χ2v) is 3.90. The number of hydrogen-bond acceptors (Lipinski definition) is 5. The van der Waals surface area contributed by atoms with Gasteiger partial charge >= 0.3 is 0 Å². The molecule has 6 heteroatoms. The van der Waals surface area contributed by atoms with Crippen molar-refractivity contribution >= 4 is 18.5 Å². The maximum absolute atomic E-state index is 11.7. The molecule has 1 amide bonds. The normalized spacial score (nSPS) is 10.2. The van der Waals surface area contributed by atoms with E-state index in [4.69, 9.17) is 4.52 Å². The van der Waals surface area contributed by atoms with Crippen LogP contribution in [0.3, 0.4) is 0 Å². The molecule has 1 aromatic carbocycles. The van der Waals surface area contributed by atoms with Gasteiger partial charge in [0, 0.05) is 23.4 Å². The van der Waals surface area contributed by atoms with Crippen LogP contribution in [-0.2, 0) is 6.42 Å². The van der Waals surface area contributed by atoms with E-state index in [0.29, 0.717) is 24.4 Å². The first kappa shape index (κ1) is 11.7. The van der Waals surface area contributed by atoms with Crippen molar-refractivity contribution in [2.24, 2.45) is 0 Å². The Morgan fingerprint density at radius 1 is 1.35 bits per heavy atom. The maximum Gasteiger partial charge on any atom is 0.251 e. The Bertz CT molecular complexity index is 482. The molecule has 2 aromatic rings. The Kier molecular flexibility index (Phi) is 3.77. The van der Waals surface area contributed by atoms with E-state index in [1.54, 1.807) is 24.3 Å².